The number of nitrogens with zero attached hydrogens (tertiary/aromatic N) is 3. The molecule has 0 aliphatic rings. The summed E-state index contributed by atoms with van der Waals surface area (Å²) in [4.78, 5) is 7.36. The van der Waals surface area contributed by atoms with E-state index in [1.54, 1.807) is 6.21 Å². The maximum atomic E-state index is 9.29. The minimum atomic E-state index is 0.147. The molecule has 0 unspecified atom stereocenters. The van der Waals surface area contributed by atoms with E-state index < -0.39 is 0 Å². The van der Waals surface area contributed by atoms with E-state index in [-0.39, 0.29) is 11.6 Å². The van der Waals surface area contributed by atoms with Crippen LogP contribution in [0.5, 0.6) is 0 Å². The summed E-state index contributed by atoms with van der Waals surface area (Å²) in [5.41, 5.74) is 6.63. The van der Waals surface area contributed by atoms with Gasteiger partial charge in [0.05, 0.1) is 6.21 Å². The Hall–Kier alpha value is -3.56. The van der Waals surface area contributed by atoms with Crippen molar-refractivity contribution >= 4 is 34.6 Å². The van der Waals surface area contributed by atoms with Crippen LogP contribution in [-0.4, -0.2) is 16.2 Å². The molecule has 2 N–H and O–H groups in total. The van der Waals surface area contributed by atoms with Crippen LogP contribution in [0, 0.1) is 18.3 Å². The number of anilines is 1. The van der Waals surface area contributed by atoms with Crippen molar-refractivity contribution in [2.24, 2.45) is 5.10 Å². The zero-order valence-electron chi connectivity index (χ0n) is 14.3. The fraction of sp³-hybridized carbons (Fsp3) is 0.0500. The quantitative estimate of drug-likeness (QED) is 0.383. The molecule has 0 saturated heterocycles. The Balaban J connectivity index is 1.58. The molecule has 0 amide bonds. The largest absolute Gasteiger partial charge is 0.417 e. The Morgan fingerprint density at radius 2 is 2.07 bits per heavy atom. The van der Waals surface area contributed by atoms with Gasteiger partial charge in [0.2, 0.25) is 11.6 Å². The predicted molar refractivity (Wildman–Crippen MR) is 106 cm³/mol. The molecule has 7 heteroatoms. The molecule has 0 saturated carbocycles. The summed E-state index contributed by atoms with van der Waals surface area (Å²) in [6, 6.07) is 15.3. The summed E-state index contributed by atoms with van der Waals surface area (Å²) in [5.74, 6) is 0.568. The standard InChI is InChI=1S/C20H14ClN5O/c1-12-2-4-13(5-3-12)19-25-18(9-22)20(27-19)26-24-11-14-10-23-17-8-15(21)6-7-16(14)17/h2-8,10-11,23,26H,1H3/b24-11+. The molecule has 0 aliphatic heterocycles. The molecular formula is C20H14ClN5O. The predicted octanol–water partition coefficient (Wildman–Crippen LogP) is 5.10. The number of hydrazone groups is 1. The first-order valence-corrected chi connectivity index (χ1v) is 8.55. The number of aryl methyl sites for hydroxylation is 1. The lowest BCUT2D eigenvalue weighted by molar-refractivity contribution is 0.587. The number of hydrogen-bond acceptors (Lipinski definition) is 5. The number of H-pyrrole nitrogens is 1. The molecule has 27 heavy (non-hydrogen) atoms. The summed E-state index contributed by atoms with van der Waals surface area (Å²) in [7, 11) is 0. The number of aromatic nitrogens is 2. The molecule has 0 spiro atoms. The van der Waals surface area contributed by atoms with Gasteiger partial charge in [0, 0.05) is 33.2 Å². The molecule has 2 aromatic heterocycles. The Morgan fingerprint density at radius 1 is 1.26 bits per heavy atom. The number of halogens is 1. The smallest absolute Gasteiger partial charge is 0.252 e. The number of aromatic amines is 1. The van der Waals surface area contributed by atoms with Crippen molar-refractivity contribution in [1.29, 1.82) is 5.26 Å². The lowest BCUT2D eigenvalue weighted by Crippen LogP contribution is -1.91. The molecular weight excluding hydrogens is 362 g/mol. The SMILES string of the molecule is Cc1ccc(-c2nc(C#N)c(N/N=C/c3c[nH]c4cc(Cl)ccc34)o2)cc1. The van der Waals surface area contributed by atoms with Gasteiger partial charge in [0.15, 0.2) is 0 Å². The van der Waals surface area contributed by atoms with Gasteiger partial charge >= 0.3 is 0 Å². The van der Waals surface area contributed by atoms with E-state index in [0.717, 1.165) is 27.6 Å². The van der Waals surface area contributed by atoms with Crippen LogP contribution in [0.4, 0.5) is 5.88 Å². The van der Waals surface area contributed by atoms with Gasteiger partial charge in [-0.3, -0.25) is 0 Å². The van der Waals surface area contributed by atoms with Crippen molar-refractivity contribution in [3.05, 3.63) is 70.5 Å². The van der Waals surface area contributed by atoms with E-state index in [9.17, 15) is 5.26 Å². The first-order chi connectivity index (χ1) is 13.1. The average molecular weight is 376 g/mol. The van der Waals surface area contributed by atoms with E-state index in [4.69, 9.17) is 16.0 Å². The lowest BCUT2D eigenvalue weighted by Gasteiger charge is -1.97. The zero-order chi connectivity index (χ0) is 18.8. The second-order valence-electron chi connectivity index (χ2n) is 5.98. The van der Waals surface area contributed by atoms with Gasteiger partial charge in [-0.1, -0.05) is 35.4 Å². The number of nitrogens with one attached hydrogen (secondary N) is 2. The Kier molecular flexibility index (Phi) is 4.37. The lowest BCUT2D eigenvalue weighted by atomic mass is 10.1. The molecule has 0 fully saturated rings. The van der Waals surface area contributed by atoms with Crippen LogP contribution in [0.15, 0.2) is 58.2 Å². The fourth-order valence-corrected chi connectivity index (χ4v) is 2.85. The van der Waals surface area contributed by atoms with Crippen molar-refractivity contribution in [1.82, 2.24) is 9.97 Å². The van der Waals surface area contributed by atoms with Crippen LogP contribution in [0.1, 0.15) is 16.8 Å². The highest BCUT2D eigenvalue weighted by molar-refractivity contribution is 6.31. The van der Waals surface area contributed by atoms with Gasteiger partial charge in [-0.2, -0.15) is 15.3 Å². The number of rotatable bonds is 4. The molecule has 6 nitrogen and oxygen atoms in total. The Morgan fingerprint density at radius 3 is 2.85 bits per heavy atom. The van der Waals surface area contributed by atoms with Crippen molar-refractivity contribution < 1.29 is 4.42 Å². The Bertz CT molecular complexity index is 1180. The van der Waals surface area contributed by atoms with Crippen molar-refractivity contribution in [2.45, 2.75) is 6.92 Å². The minimum Gasteiger partial charge on any atom is -0.417 e. The van der Waals surface area contributed by atoms with Gasteiger partial charge < -0.3 is 9.40 Å². The third-order valence-corrected chi connectivity index (χ3v) is 4.31. The minimum absolute atomic E-state index is 0.147. The van der Waals surface area contributed by atoms with Crippen LogP contribution >= 0.6 is 11.6 Å². The number of nitriles is 1. The van der Waals surface area contributed by atoms with Gasteiger partial charge in [0.1, 0.15) is 6.07 Å². The third kappa shape index (κ3) is 3.41. The van der Waals surface area contributed by atoms with Crippen LogP contribution in [-0.2, 0) is 0 Å². The number of oxazole rings is 1. The highest BCUT2D eigenvalue weighted by Crippen LogP contribution is 2.26. The number of benzene rings is 2. The van der Waals surface area contributed by atoms with E-state index in [0.29, 0.717) is 10.9 Å². The van der Waals surface area contributed by atoms with Crippen LogP contribution < -0.4 is 5.43 Å². The van der Waals surface area contributed by atoms with Gasteiger partial charge in [-0.25, -0.2) is 5.43 Å². The summed E-state index contributed by atoms with van der Waals surface area (Å²) in [6.45, 7) is 2.00. The van der Waals surface area contributed by atoms with E-state index in [2.05, 4.69) is 20.5 Å². The zero-order valence-corrected chi connectivity index (χ0v) is 15.1. The highest BCUT2D eigenvalue weighted by Gasteiger charge is 2.14. The third-order valence-electron chi connectivity index (χ3n) is 4.08. The maximum absolute atomic E-state index is 9.29. The first kappa shape index (κ1) is 16.9. The van der Waals surface area contributed by atoms with E-state index >= 15 is 0 Å². The first-order valence-electron chi connectivity index (χ1n) is 8.18. The summed E-state index contributed by atoms with van der Waals surface area (Å²) in [6.07, 6.45) is 3.47. The monoisotopic (exact) mass is 375 g/mol. The second-order valence-corrected chi connectivity index (χ2v) is 6.41. The summed E-state index contributed by atoms with van der Waals surface area (Å²) in [5, 5.41) is 15.1. The van der Waals surface area contributed by atoms with Crippen LogP contribution in [0.2, 0.25) is 5.02 Å². The molecule has 2 heterocycles. The molecule has 132 valence electrons. The number of fused-ring (bicyclic) bond motifs is 1. The topological polar surface area (TPSA) is 90.0 Å². The van der Waals surface area contributed by atoms with Crippen molar-refractivity contribution in [2.75, 3.05) is 5.43 Å². The fourth-order valence-electron chi connectivity index (χ4n) is 2.68. The van der Waals surface area contributed by atoms with Crippen molar-refractivity contribution in [3.63, 3.8) is 0 Å². The Labute approximate surface area is 160 Å². The molecule has 0 bridgehead atoms. The van der Waals surface area contributed by atoms with Crippen LogP contribution in [0.25, 0.3) is 22.4 Å². The summed E-state index contributed by atoms with van der Waals surface area (Å²) < 4.78 is 5.67. The van der Waals surface area contributed by atoms with Gasteiger partial charge in [-0.05, 0) is 31.2 Å². The maximum Gasteiger partial charge on any atom is 0.252 e. The molecule has 0 atom stereocenters. The molecule has 0 aliphatic carbocycles. The van der Waals surface area contributed by atoms with Gasteiger partial charge in [-0.15, -0.1) is 0 Å². The molecule has 0 radical (unpaired) electrons. The molecule has 4 aromatic rings. The molecule has 2 aromatic carbocycles. The highest BCUT2D eigenvalue weighted by atomic mass is 35.5. The number of hydrogen-bond donors (Lipinski definition) is 2. The van der Waals surface area contributed by atoms with Crippen molar-refractivity contribution in [3.8, 4) is 17.5 Å². The average Bonchev–Trinajstić information content (AvgIpc) is 3.26. The van der Waals surface area contributed by atoms with E-state index in [1.165, 1.54) is 0 Å². The summed E-state index contributed by atoms with van der Waals surface area (Å²) >= 11 is 5.99. The normalized spacial score (nSPS) is 11.1. The second kappa shape index (κ2) is 6.98. The molecule has 4 rings (SSSR count). The van der Waals surface area contributed by atoms with Crippen LogP contribution in [0.3, 0.4) is 0 Å². The van der Waals surface area contributed by atoms with E-state index in [1.807, 2.05) is 61.7 Å². The van der Waals surface area contributed by atoms with Gasteiger partial charge in [0.25, 0.3) is 5.88 Å².